The molecule has 16 heavy (non-hydrogen) atoms. The Balaban J connectivity index is 4.30. The molecule has 0 atom stereocenters. The van der Waals surface area contributed by atoms with Crippen LogP contribution >= 0.6 is 0 Å². The minimum absolute atomic E-state index is 0.194. The Hall–Kier alpha value is -1.36. The Kier molecular flexibility index (Phi) is 8.15. The van der Waals surface area contributed by atoms with Crippen LogP contribution in [0.1, 0.15) is 20.3 Å². The molecule has 0 N–H and O–H groups in total. The number of carbonyl (C=O) groups is 2. The molecule has 0 radical (unpaired) electrons. The van der Waals surface area contributed by atoms with Gasteiger partial charge in [-0.2, -0.15) is 0 Å². The predicted octanol–water partition coefficient (Wildman–Crippen LogP) is 1.07. The lowest BCUT2D eigenvalue weighted by atomic mass is 10.3. The fourth-order valence-electron chi connectivity index (χ4n) is 0.937. The average Bonchev–Trinajstić information content (AvgIpc) is 2.25. The number of ether oxygens (including phenoxy) is 3. The monoisotopic (exact) mass is 230 g/mol. The Morgan fingerprint density at radius 2 is 1.69 bits per heavy atom. The molecule has 0 aliphatic heterocycles. The van der Waals surface area contributed by atoms with E-state index < -0.39 is 18.0 Å². The number of hydrogen-bond acceptors (Lipinski definition) is 5. The molecular weight excluding hydrogens is 212 g/mol. The van der Waals surface area contributed by atoms with Crippen LogP contribution in [0.4, 0.5) is 0 Å². The highest BCUT2D eigenvalue weighted by Gasteiger charge is 2.30. The van der Waals surface area contributed by atoms with Crippen LogP contribution in [-0.4, -0.2) is 37.9 Å². The maximum Gasteiger partial charge on any atom is 0.347 e. The lowest BCUT2D eigenvalue weighted by molar-refractivity contribution is -0.172. The van der Waals surface area contributed by atoms with Gasteiger partial charge in [0.25, 0.3) is 6.10 Å². The molecule has 0 fully saturated rings. The van der Waals surface area contributed by atoms with Gasteiger partial charge in [-0.25, -0.2) is 9.59 Å². The van der Waals surface area contributed by atoms with Crippen molar-refractivity contribution >= 4 is 11.9 Å². The molecule has 0 aromatic carbocycles. The van der Waals surface area contributed by atoms with E-state index in [0.717, 1.165) is 0 Å². The van der Waals surface area contributed by atoms with E-state index in [0.29, 0.717) is 6.42 Å². The van der Waals surface area contributed by atoms with Gasteiger partial charge in [0, 0.05) is 0 Å². The van der Waals surface area contributed by atoms with E-state index in [1.165, 1.54) is 0 Å². The standard InChI is InChI=1S/C11H18O5/c1-4-7-8-16-9(10(12)14-5-2)11(13)15-6-3/h4,9H,1,5-8H2,2-3H3. The number of esters is 2. The minimum Gasteiger partial charge on any atom is -0.464 e. The molecule has 0 saturated heterocycles. The lowest BCUT2D eigenvalue weighted by Gasteiger charge is -2.14. The molecule has 0 aromatic rings. The minimum atomic E-state index is -1.29. The van der Waals surface area contributed by atoms with Crippen LogP contribution in [0.5, 0.6) is 0 Å². The summed E-state index contributed by atoms with van der Waals surface area (Å²) in [5.74, 6) is -1.44. The summed E-state index contributed by atoms with van der Waals surface area (Å²) < 4.78 is 14.5. The van der Waals surface area contributed by atoms with Crippen LogP contribution < -0.4 is 0 Å². The van der Waals surface area contributed by atoms with E-state index in [9.17, 15) is 9.59 Å². The van der Waals surface area contributed by atoms with Crippen molar-refractivity contribution in [2.75, 3.05) is 19.8 Å². The molecule has 5 nitrogen and oxygen atoms in total. The summed E-state index contributed by atoms with van der Waals surface area (Å²) >= 11 is 0. The molecule has 0 aliphatic rings. The van der Waals surface area contributed by atoms with Crippen LogP contribution in [0, 0.1) is 0 Å². The Morgan fingerprint density at radius 3 is 2.06 bits per heavy atom. The highest BCUT2D eigenvalue weighted by molar-refractivity contribution is 5.98. The highest BCUT2D eigenvalue weighted by atomic mass is 16.6. The van der Waals surface area contributed by atoms with Gasteiger partial charge in [0.05, 0.1) is 19.8 Å². The molecule has 0 spiro atoms. The molecule has 0 heterocycles. The summed E-state index contributed by atoms with van der Waals surface area (Å²) in [7, 11) is 0. The van der Waals surface area contributed by atoms with Crippen molar-refractivity contribution in [3.8, 4) is 0 Å². The SMILES string of the molecule is C=CCCOC(C(=O)OCC)C(=O)OCC. The molecule has 0 saturated carbocycles. The molecular formula is C11H18O5. The Labute approximate surface area is 95.4 Å². The zero-order valence-electron chi connectivity index (χ0n) is 9.73. The van der Waals surface area contributed by atoms with Crippen LogP contribution in [0.3, 0.4) is 0 Å². The van der Waals surface area contributed by atoms with Gasteiger partial charge in [-0.05, 0) is 20.3 Å². The second kappa shape index (κ2) is 8.91. The second-order valence-corrected chi connectivity index (χ2v) is 2.83. The first-order valence-electron chi connectivity index (χ1n) is 5.23. The van der Waals surface area contributed by atoms with Crippen molar-refractivity contribution < 1.29 is 23.8 Å². The van der Waals surface area contributed by atoms with Gasteiger partial charge in [0.15, 0.2) is 0 Å². The number of rotatable bonds is 8. The second-order valence-electron chi connectivity index (χ2n) is 2.83. The van der Waals surface area contributed by atoms with E-state index in [-0.39, 0.29) is 19.8 Å². The van der Waals surface area contributed by atoms with Crippen LogP contribution in [0.2, 0.25) is 0 Å². The van der Waals surface area contributed by atoms with Crippen molar-refractivity contribution in [2.45, 2.75) is 26.4 Å². The number of carbonyl (C=O) groups excluding carboxylic acids is 2. The maximum atomic E-state index is 11.4. The number of hydrogen-bond donors (Lipinski definition) is 0. The lowest BCUT2D eigenvalue weighted by Crippen LogP contribution is -2.36. The molecule has 0 bridgehead atoms. The molecule has 0 aromatic heterocycles. The topological polar surface area (TPSA) is 61.8 Å². The van der Waals surface area contributed by atoms with Crippen molar-refractivity contribution in [1.82, 2.24) is 0 Å². The van der Waals surface area contributed by atoms with Gasteiger partial charge < -0.3 is 14.2 Å². The fraction of sp³-hybridized carbons (Fsp3) is 0.636. The summed E-state index contributed by atoms with van der Waals surface area (Å²) in [6.07, 6.45) is 0.891. The molecule has 0 rings (SSSR count). The van der Waals surface area contributed by atoms with Gasteiger partial charge in [-0.15, -0.1) is 6.58 Å². The van der Waals surface area contributed by atoms with Crippen molar-refractivity contribution in [1.29, 1.82) is 0 Å². The van der Waals surface area contributed by atoms with E-state index in [1.807, 2.05) is 0 Å². The first-order valence-corrected chi connectivity index (χ1v) is 5.23. The highest BCUT2D eigenvalue weighted by Crippen LogP contribution is 2.01. The third-order valence-corrected chi connectivity index (χ3v) is 1.61. The predicted molar refractivity (Wildman–Crippen MR) is 57.8 cm³/mol. The molecule has 92 valence electrons. The van der Waals surface area contributed by atoms with E-state index in [1.54, 1.807) is 19.9 Å². The summed E-state index contributed by atoms with van der Waals surface area (Å²) in [5, 5.41) is 0. The van der Waals surface area contributed by atoms with Crippen molar-refractivity contribution in [3.05, 3.63) is 12.7 Å². The largest absolute Gasteiger partial charge is 0.464 e. The summed E-state index contributed by atoms with van der Waals surface area (Å²) in [6.45, 7) is 7.44. The van der Waals surface area contributed by atoms with Crippen molar-refractivity contribution in [3.63, 3.8) is 0 Å². The smallest absolute Gasteiger partial charge is 0.347 e. The van der Waals surface area contributed by atoms with Crippen LogP contribution in [-0.2, 0) is 23.8 Å². The molecule has 0 amide bonds. The van der Waals surface area contributed by atoms with E-state index in [4.69, 9.17) is 14.2 Å². The van der Waals surface area contributed by atoms with E-state index >= 15 is 0 Å². The van der Waals surface area contributed by atoms with Crippen LogP contribution in [0.25, 0.3) is 0 Å². The van der Waals surface area contributed by atoms with Gasteiger partial charge in [-0.1, -0.05) is 6.08 Å². The quantitative estimate of drug-likeness (QED) is 0.270. The van der Waals surface area contributed by atoms with E-state index in [2.05, 4.69) is 6.58 Å². The van der Waals surface area contributed by atoms with Crippen molar-refractivity contribution in [2.24, 2.45) is 0 Å². The zero-order chi connectivity index (χ0) is 12.4. The Morgan fingerprint density at radius 1 is 1.19 bits per heavy atom. The zero-order valence-corrected chi connectivity index (χ0v) is 9.73. The van der Waals surface area contributed by atoms with Gasteiger partial charge in [0.1, 0.15) is 0 Å². The normalized spacial score (nSPS) is 9.94. The fourth-order valence-corrected chi connectivity index (χ4v) is 0.937. The summed E-state index contributed by atoms with van der Waals surface area (Å²) in [6, 6.07) is 0. The van der Waals surface area contributed by atoms with Crippen LogP contribution in [0.15, 0.2) is 12.7 Å². The third-order valence-electron chi connectivity index (χ3n) is 1.61. The Bertz CT molecular complexity index is 219. The van der Waals surface area contributed by atoms with Gasteiger partial charge in [-0.3, -0.25) is 0 Å². The summed E-state index contributed by atoms with van der Waals surface area (Å²) in [4.78, 5) is 22.8. The first kappa shape index (κ1) is 14.6. The third kappa shape index (κ3) is 5.50. The maximum absolute atomic E-state index is 11.4. The molecule has 5 heteroatoms. The molecule has 0 unspecified atom stereocenters. The van der Waals surface area contributed by atoms with Gasteiger partial charge in [0.2, 0.25) is 0 Å². The average molecular weight is 230 g/mol. The summed E-state index contributed by atoms with van der Waals surface area (Å²) in [5.41, 5.74) is 0. The van der Waals surface area contributed by atoms with Gasteiger partial charge >= 0.3 is 11.9 Å². The first-order chi connectivity index (χ1) is 7.67. The molecule has 0 aliphatic carbocycles.